The number of nitriles is 1. The van der Waals surface area contributed by atoms with Crippen LogP contribution in [0.1, 0.15) is 11.1 Å². The van der Waals surface area contributed by atoms with Gasteiger partial charge in [-0.25, -0.2) is 0 Å². The molecule has 0 atom stereocenters. The van der Waals surface area contributed by atoms with E-state index in [-0.39, 0.29) is 6.61 Å². The number of nitrogens with zero attached hydrogens (tertiary/aromatic N) is 1. The van der Waals surface area contributed by atoms with Gasteiger partial charge in [-0.1, -0.05) is 18.2 Å². The lowest BCUT2D eigenvalue weighted by atomic mass is 10.2. The van der Waals surface area contributed by atoms with Gasteiger partial charge in [0.2, 0.25) is 0 Å². The maximum absolute atomic E-state index is 9.03. The molecule has 4 heteroatoms. The first kappa shape index (κ1) is 13.9. The number of ether oxygens (including phenoxy) is 2. The first-order valence-electron chi connectivity index (χ1n) is 6.27. The van der Waals surface area contributed by atoms with Gasteiger partial charge in [0.25, 0.3) is 0 Å². The molecule has 0 saturated carbocycles. The number of aliphatic hydroxyl groups is 1. The summed E-state index contributed by atoms with van der Waals surface area (Å²) in [5.41, 5.74) is 1.38. The predicted molar refractivity (Wildman–Crippen MR) is 74.5 cm³/mol. The van der Waals surface area contributed by atoms with E-state index in [1.54, 1.807) is 30.3 Å². The largest absolute Gasteiger partial charge is 0.490 e. The van der Waals surface area contributed by atoms with Gasteiger partial charge in [0.15, 0.2) is 0 Å². The molecule has 0 aromatic heterocycles. The monoisotopic (exact) mass is 269 g/mol. The Morgan fingerprint density at radius 1 is 0.950 bits per heavy atom. The summed E-state index contributed by atoms with van der Waals surface area (Å²) in [7, 11) is 0. The van der Waals surface area contributed by atoms with Gasteiger partial charge in [0, 0.05) is 0 Å². The van der Waals surface area contributed by atoms with Crippen LogP contribution in [0.25, 0.3) is 0 Å². The summed E-state index contributed by atoms with van der Waals surface area (Å²) >= 11 is 0. The minimum absolute atomic E-state index is 0.00531. The fourth-order valence-electron chi connectivity index (χ4n) is 1.71. The van der Waals surface area contributed by atoms with Crippen LogP contribution in [0.4, 0.5) is 0 Å². The standard InChI is InChI=1S/C16H15NO3/c17-11-13-3-1-5-15(9-13)19-7-8-20-16-6-2-4-14(10-16)12-18/h1-6,9-10,18H,7-8,12H2. The molecule has 4 nitrogen and oxygen atoms in total. The van der Waals surface area contributed by atoms with Crippen molar-refractivity contribution >= 4 is 0 Å². The smallest absolute Gasteiger partial charge is 0.122 e. The van der Waals surface area contributed by atoms with E-state index >= 15 is 0 Å². The molecule has 0 bridgehead atoms. The molecule has 0 unspecified atom stereocenters. The lowest BCUT2D eigenvalue weighted by Crippen LogP contribution is -2.09. The predicted octanol–water partition coefficient (Wildman–Crippen LogP) is 2.51. The van der Waals surface area contributed by atoms with E-state index in [1.807, 2.05) is 18.2 Å². The number of rotatable bonds is 6. The Hall–Kier alpha value is -2.51. The van der Waals surface area contributed by atoms with Gasteiger partial charge in [0.05, 0.1) is 18.2 Å². The third-order valence-corrected chi connectivity index (χ3v) is 2.66. The molecule has 0 aliphatic heterocycles. The van der Waals surface area contributed by atoms with E-state index in [0.717, 1.165) is 5.56 Å². The lowest BCUT2D eigenvalue weighted by molar-refractivity contribution is 0.216. The van der Waals surface area contributed by atoms with E-state index < -0.39 is 0 Å². The maximum Gasteiger partial charge on any atom is 0.122 e. The minimum atomic E-state index is -0.00531. The van der Waals surface area contributed by atoms with Crippen molar-refractivity contribution in [1.82, 2.24) is 0 Å². The van der Waals surface area contributed by atoms with Gasteiger partial charge in [-0.2, -0.15) is 5.26 Å². The quantitative estimate of drug-likeness (QED) is 0.818. The van der Waals surface area contributed by atoms with E-state index in [2.05, 4.69) is 6.07 Å². The molecular weight excluding hydrogens is 254 g/mol. The zero-order valence-corrected chi connectivity index (χ0v) is 11.0. The Bertz CT molecular complexity index is 605. The van der Waals surface area contributed by atoms with E-state index in [0.29, 0.717) is 30.3 Å². The maximum atomic E-state index is 9.03. The van der Waals surface area contributed by atoms with Crippen LogP contribution in [0, 0.1) is 11.3 Å². The molecule has 20 heavy (non-hydrogen) atoms. The summed E-state index contributed by atoms with van der Waals surface area (Å²) in [5, 5.41) is 17.8. The average Bonchev–Trinajstić information content (AvgIpc) is 2.52. The molecule has 0 radical (unpaired) electrons. The van der Waals surface area contributed by atoms with Gasteiger partial charge < -0.3 is 14.6 Å². The number of hydrogen-bond acceptors (Lipinski definition) is 4. The SMILES string of the molecule is N#Cc1cccc(OCCOc2cccc(CO)c2)c1. The molecule has 2 rings (SSSR count). The fourth-order valence-corrected chi connectivity index (χ4v) is 1.71. The highest BCUT2D eigenvalue weighted by atomic mass is 16.5. The topological polar surface area (TPSA) is 62.5 Å². The van der Waals surface area contributed by atoms with Crippen LogP contribution in [0.5, 0.6) is 11.5 Å². The minimum Gasteiger partial charge on any atom is -0.490 e. The second kappa shape index (κ2) is 7.17. The second-order valence-corrected chi connectivity index (χ2v) is 4.14. The molecular formula is C16H15NO3. The molecule has 0 fully saturated rings. The lowest BCUT2D eigenvalue weighted by Gasteiger charge is -2.09. The Morgan fingerprint density at radius 2 is 1.60 bits per heavy atom. The van der Waals surface area contributed by atoms with Crippen molar-refractivity contribution in [2.75, 3.05) is 13.2 Å². The third-order valence-electron chi connectivity index (χ3n) is 2.66. The zero-order valence-electron chi connectivity index (χ0n) is 11.0. The highest BCUT2D eigenvalue weighted by molar-refractivity contribution is 5.36. The first-order valence-corrected chi connectivity index (χ1v) is 6.27. The summed E-state index contributed by atoms with van der Waals surface area (Å²) < 4.78 is 11.0. The van der Waals surface area contributed by atoms with Crippen LogP contribution < -0.4 is 9.47 Å². The number of aliphatic hydroxyl groups excluding tert-OH is 1. The number of benzene rings is 2. The molecule has 0 heterocycles. The van der Waals surface area contributed by atoms with Crippen molar-refractivity contribution in [3.8, 4) is 17.6 Å². The first-order chi connectivity index (χ1) is 9.81. The molecule has 0 aliphatic rings. The van der Waals surface area contributed by atoms with Gasteiger partial charge in [-0.3, -0.25) is 0 Å². The van der Waals surface area contributed by atoms with Crippen LogP contribution in [0.3, 0.4) is 0 Å². The van der Waals surface area contributed by atoms with Crippen LogP contribution in [0.2, 0.25) is 0 Å². The van der Waals surface area contributed by atoms with Crippen LogP contribution in [0.15, 0.2) is 48.5 Å². The van der Waals surface area contributed by atoms with Crippen LogP contribution in [-0.2, 0) is 6.61 Å². The molecule has 102 valence electrons. The molecule has 2 aromatic carbocycles. The average molecular weight is 269 g/mol. The third kappa shape index (κ3) is 4.01. The van der Waals surface area contributed by atoms with Crippen molar-refractivity contribution in [1.29, 1.82) is 5.26 Å². The van der Waals surface area contributed by atoms with Gasteiger partial charge >= 0.3 is 0 Å². The summed E-state index contributed by atoms with van der Waals surface area (Å²) in [5.74, 6) is 1.35. The summed E-state index contributed by atoms with van der Waals surface area (Å²) in [6, 6.07) is 16.3. The Morgan fingerprint density at radius 3 is 2.25 bits per heavy atom. The molecule has 0 aliphatic carbocycles. The Labute approximate surface area is 117 Å². The Kier molecular flexibility index (Phi) is 4.99. The van der Waals surface area contributed by atoms with Crippen LogP contribution in [-0.4, -0.2) is 18.3 Å². The second-order valence-electron chi connectivity index (χ2n) is 4.14. The van der Waals surface area contributed by atoms with Crippen molar-refractivity contribution < 1.29 is 14.6 Å². The van der Waals surface area contributed by atoms with Crippen molar-refractivity contribution in [2.24, 2.45) is 0 Å². The molecule has 0 saturated heterocycles. The zero-order chi connectivity index (χ0) is 14.2. The molecule has 0 spiro atoms. The summed E-state index contributed by atoms with van der Waals surface area (Å²) in [6.07, 6.45) is 0. The van der Waals surface area contributed by atoms with Crippen molar-refractivity contribution in [3.63, 3.8) is 0 Å². The van der Waals surface area contributed by atoms with Gasteiger partial charge in [0.1, 0.15) is 24.7 Å². The summed E-state index contributed by atoms with van der Waals surface area (Å²) in [6.45, 7) is 0.776. The molecule has 0 amide bonds. The van der Waals surface area contributed by atoms with Crippen LogP contribution >= 0.6 is 0 Å². The normalized spacial score (nSPS) is 9.80. The Balaban J connectivity index is 1.80. The fraction of sp³-hybridized carbons (Fsp3) is 0.188. The van der Waals surface area contributed by atoms with E-state index in [1.165, 1.54) is 0 Å². The van der Waals surface area contributed by atoms with E-state index in [9.17, 15) is 0 Å². The number of hydrogen-bond donors (Lipinski definition) is 1. The van der Waals surface area contributed by atoms with E-state index in [4.69, 9.17) is 19.8 Å². The molecule has 1 N–H and O–H groups in total. The van der Waals surface area contributed by atoms with Crippen molar-refractivity contribution in [2.45, 2.75) is 6.61 Å². The molecule has 2 aromatic rings. The summed E-state index contributed by atoms with van der Waals surface area (Å²) in [4.78, 5) is 0. The highest BCUT2D eigenvalue weighted by Crippen LogP contribution is 2.14. The van der Waals surface area contributed by atoms with Crippen molar-refractivity contribution in [3.05, 3.63) is 59.7 Å². The van der Waals surface area contributed by atoms with Gasteiger partial charge in [-0.05, 0) is 35.9 Å². The highest BCUT2D eigenvalue weighted by Gasteiger charge is 1.98. The van der Waals surface area contributed by atoms with Gasteiger partial charge in [-0.15, -0.1) is 0 Å².